The molecule has 0 radical (unpaired) electrons. The van der Waals surface area contributed by atoms with Gasteiger partial charge >= 0.3 is 0 Å². The highest BCUT2D eigenvalue weighted by molar-refractivity contribution is 5.23. The number of piperidine rings is 1. The molecule has 0 aliphatic carbocycles. The number of nitrogens with one attached hydrogen (secondary N) is 1. The van der Waals surface area contributed by atoms with Crippen molar-refractivity contribution in [2.75, 3.05) is 13.1 Å². The minimum absolute atomic E-state index is 0.513. The molecule has 0 saturated carbocycles. The number of benzene rings is 1. The third-order valence-corrected chi connectivity index (χ3v) is 5.75. The molecule has 1 N–H and O–H groups in total. The predicted octanol–water partition coefficient (Wildman–Crippen LogP) is 4.22. The summed E-state index contributed by atoms with van der Waals surface area (Å²) in [5.74, 6) is 1.44. The summed E-state index contributed by atoms with van der Waals surface area (Å²) in [5.41, 5.74) is 4.05. The fourth-order valence-corrected chi connectivity index (χ4v) is 4.30. The molecule has 3 aromatic rings. The minimum atomic E-state index is 0.513. The van der Waals surface area contributed by atoms with Crippen molar-refractivity contribution in [3.05, 3.63) is 77.9 Å². The predicted molar refractivity (Wildman–Crippen MR) is 121 cm³/mol. The largest absolute Gasteiger partial charge is 0.307 e. The Morgan fingerprint density at radius 2 is 1.80 bits per heavy atom. The van der Waals surface area contributed by atoms with Gasteiger partial charge in [-0.2, -0.15) is 0 Å². The molecule has 1 aliphatic rings. The molecule has 5 nitrogen and oxygen atoms in total. The van der Waals surface area contributed by atoms with Gasteiger partial charge in [0.05, 0.1) is 0 Å². The highest BCUT2D eigenvalue weighted by Gasteiger charge is 2.20. The number of aromatic nitrogens is 3. The van der Waals surface area contributed by atoms with Crippen LogP contribution in [0.2, 0.25) is 0 Å². The van der Waals surface area contributed by atoms with Crippen molar-refractivity contribution in [2.24, 2.45) is 5.92 Å². The fraction of sp³-hybridized carbons (Fsp3) is 0.440. The Bertz CT molecular complexity index is 901. The van der Waals surface area contributed by atoms with E-state index in [0.29, 0.717) is 12.0 Å². The summed E-state index contributed by atoms with van der Waals surface area (Å²) in [6, 6.07) is 15.8. The molecule has 1 saturated heterocycles. The molecule has 158 valence electrons. The quantitative estimate of drug-likeness (QED) is 0.612. The average Bonchev–Trinajstić information content (AvgIpc) is 3.23. The van der Waals surface area contributed by atoms with Crippen LogP contribution in [-0.4, -0.2) is 38.6 Å². The van der Waals surface area contributed by atoms with Crippen molar-refractivity contribution < 1.29 is 0 Å². The van der Waals surface area contributed by atoms with E-state index in [1.165, 1.54) is 36.2 Å². The Labute approximate surface area is 180 Å². The molecular weight excluding hydrogens is 370 g/mol. The van der Waals surface area contributed by atoms with Crippen LogP contribution in [0.4, 0.5) is 0 Å². The first-order valence-corrected chi connectivity index (χ1v) is 11.1. The minimum Gasteiger partial charge on any atom is -0.307 e. The molecule has 1 atom stereocenters. The van der Waals surface area contributed by atoms with Gasteiger partial charge in [-0.05, 0) is 61.1 Å². The average molecular weight is 404 g/mol. The molecule has 0 spiro atoms. The summed E-state index contributed by atoms with van der Waals surface area (Å²) in [4.78, 5) is 11.3. The first kappa shape index (κ1) is 20.8. The van der Waals surface area contributed by atoms with Gasteiger partial charge in [-0.25, -0.2) is 9.97 Å². The third-order valence-electron chi connectivity index (χ3n) is 5.75. The van der Waals surface area contributed by atoms with Gasteiger partial charge in [0.2, 0.25) is 5.95 Å². The highest BCUT2D eigenvalue weighted by atomic mass is 15.2. The van der Waals surface area contributed by atoms with Crippen LogP contribution in [0.1, 0.15) is 43.5 Å². The van der Waals surface area contributed by atoms with Crippen LogP contribution in [-0.2, 0) is 19.5 Å². The molecule has 0 unspecified atom stereocenters. The summed E-state index contributed by atoms with van der Waals surface area (Å²) in [6.45, 7) is 8.69. The lowest BCUT2D eigenvalue weighted by molar-refractivity contribution is 0.182. The van der Waals surface area contributed by atoms with E-state index in [1.54, 1.807) is 12.4 Å². The molecule has 1 aliphatic heterocycles. The second-order valence-electron chi connectivity index (χ2n) is 8.79. The Kier molecular flexibility index (Phi) is 6.92. The molecule has 5 heteroatoms. The van der Waals surface area contributed by atoms with Gasteiger partial charge in [-0.15, -0.1) is 0 Å². The number of nitrogens with zero attached hydrogens (tertiary/aromatic N) is 4. The Morgan fingerprint density at radius 1 is 1.03 bits per heavy atom. The van der Waals surface area contributed by atoms with E-state index in [9.17, 15) is 0 Å². The first-order valence-electron chi connectivity index (χ1n) is 11.1. The maximum absolute atomic E-state index is 4.37. The zero-order valence-corrected chi connectivity index (χ0v) is 18.2. The topological polar surface area (TPSA) is 46.0 Å². The normalized spacial score (nSPS) is 17.5. The van der Waals surface area contributed by atoms with Gasteiger partial charge in [-0.1, -0.05) is 38.1 Å². The van der Waals surface area contributed by atoms with E-state index in [1.807, 2.05) is 12.3 Å². The first-order chi connectivity index (χ1) is 14.7. The number of likely N-dealkylation sites (tertiary alicyclic amines) is 1. The highest BCUT2D eigenvalue weighted by Crippen LogP contribution is 2.16. The lowest BCUT2D eigenvalue weighted by Gasteiger charge is -2.33. The SMILES string of the molecule is CC(C)Cc1ccc(CN2CCC[C@@H](NCc3cccn3-c3ncccn3)C2)cc1. The van der Waals surface area contributed by atoms with Gasteiger partial charge < -0.3 is 5.32 Å². The summed E-state index contributed by atoms with van der Waals surface area (Å²) >= 11 is 0. The van der Waals surface area contributed by atoms with Crippen LogP contribution in [0.5, 0.6) is 0 Å². The van der Waals surface area contributed by atoms with Crippen LogP contribution < -0.4 is 5.32 Å². The summed E-state index contributed by atoms with van der Waals surface area (Å²) in [5, 5.41) is 3.76. The maximum Gasteiger partial charge on any atom is 0.233 e. The van der Waals surface area contributed by atoms with Crippen molar-refractivity contribution in [1.82, 2.24) is 24.8 Å². The van der Waals surface area contributed by atoms with Crippen LogP contribution >= 0.6 is 0 Å². The van der Waals surface area contributed by atoms with E-state index < -0.39 is 0 Å². The lowest BCUT2D eigenvalue weighted by Crippen LogP contribution is -2.45. The molecule has 3 heterocycles. The number of rotatable bonds is 8. The molecular formula is C25H33N5. The number of hydrogen-bond acceptors (Lipinski definition) is 4. The summed E-state index contributed by atoms with van der Waals surface area (Å²) in [7, 11) is 0. The lowest BCUT2D eigenvalue weighted by atomic mass is 10.0. The Hall–Kier alpha value is -2.50. The van der Waals surface area contributed by atoms with Crippen LogP contribution in [0.15, 0.2) is 61.1 Å². The molecule has 4 rings (SSSR count). The van der Waals surface area contributed by atoms with Crippen LogP contribution in [0, 0.1) is 5.92 Å². The van der Waals surface area contributed by atoms with Crippen molar-refractivity contribution >= 4 is 0 Å². The molecule has 2 aromatic heterocycles. The Morgan fingerprint density at radius 3 is 2.57 bits per heavy atom. The van der Waals surface area contributed by atoms with Crippen LogP contribution in [0.25, 0.3) is 5.95 Å². The van der Waals surface area contributed by atoms with Crippen molar-refractivity contribution in [1.29, 1.82) is 0 Å². The monoisotopic (exact) mass is 403 g/mol. The van der Waals surface area contributed by atoms with Gasteiger partial charge in [0, 0.05) is 50.0 Å². The van der Waals surface area contributed by atoms with E-state index >= 15 is 0 Å². The molecule has 0 amide bonds. The zero-order valence-electron chi connectivity index (χ0n) is 18.2. The van der Waals surface area contributed by atoms with Crippen molar-refractivity contribution in [3.63, 3.8) is 0 Å². The van der Waals surface area contributed by atoms with Crippen LogP contribution in [0.3, 0.4) is 0 Å². The van der Waals surface area contributed by atoms with Crippen molar-refractivity contribution in [2.45, 2.75) is 52.2 Å². The smallest absolute Gasteiger partial charge is 0.233 e. The molecule has 1 fully saturated rings. The van der Waals surface area contributed by atoms with E-state index in [0.717, 1.165) is 32.0 Å². The second kappa shape index (κ2) is 10.0. The van der Waals surface area contributed by atoms with E-state index in [-0.39, 0.29) is 0 Å². The fourth-order valence-electron chi connectivity index (χ4n) is 4.30. The summed E-state index contributed by atoms with van der Waals surface area (Å²) in [6.07, 6.45) is 9.23. The van der Waals surface area contributed by atoms with Gasteiger partial charge in [0.25, 0.3) is 0 Å². The number of hydrogen-bond donors (Lipinski definition) is 1. The van der Waals surface area contributed by atoms with Gasteiger partial charge in [0.15, 0.2) is 0 Å². The standard InChI is InChI=1S/C25H33N5/c1-20(2)16-21-8-10-22(11-9-21)18-29-14-3-6-23(19-29)28-17-24-7-4-15-30(24)25-26-12-5-13-27-25/h4-5,7-13,15,20,23,28H,3,6,14,16-19H2,1-2H3/t23-/m1/s1. The second-order valence-corrected chi connectivity index (χ2v) is 8.79. The maximum atomic E-state index is 4.37. The van der Waals surface area contributed by atoms with Crippen molar-refractivity contribution in [3.8, 4) is 5.95 Å². The molecule has 1 aromatic carbocycles. The third kappa shape index (κ3) is 5.55. The van der Waals surface area contributed by atoms with Gasteiger partial charge in [-0.3, -0.25) is 9.47 Å². The summed E-state index contributed by atoms with van der Waals surface area (Å²) < 4.78 is 2.06. The Balaban J connectivity index is 1.30. The zero-order chi connectivity index (χ0) is 20.8. The molecule has 30 heavy (non-hydrogen) atoms. The van der Waals surface area contributed by atoms with E-state index in [2.05, 4.69) is 75.0 Å². The van der Waals surface area contributed by atoms with Gasteiger partial charge in [0.1, 0.15) is 0 Å². The molecule has 0 bridgehead atoms. The van der Waals surface area contributed by atoms with E-state index in [4.69, 9.17) is 0 Å².